The van der Waals surface area contributed by atoms with Crippen LogP contribution in [0.25, 0.3) is 0 Å². The Labute approximate surface area is 132 Å². The van der Waals surface area contributed by atoms with Gasteiger partial charge in [0.05, 0.1) is 6.04 Å². The van der Waals surface area contributed by atoms with E-state index in [-0.39, 0.29) is 23.5 Å². The van der Waals surface area contributed by atoms with Gasteiger partial charge in [-0.1, -0.05) is 0 Å². The fraction of sp³-hybridized carbons (Fsp3) is 0.375. The number of rotatable bonds is 5. The highest BCUT2D eigenvalue weighted by atomic mass is 16.5. The molecule has 122 valence electrons. The average Bonchev–Trinajstić information content (AvgIpc) is 3.26. The van der Waals surface area contributed by atoms with Crippen molar-refractivity contribution in [1.82, 2.24) is 4.90 Å². The van der Waals surface area contributed by atoms with Gasteiger partial charge >= 0.3 is 5.97 Å². The van der Waals surface area contributed by atoms with Crippen LogP contribution in [0, 0.1) is 0 Å². The summed E-state index contributed by atoms with van der Waals surface area (Å²) in [6, 6.07) is 6.17. The third kappa shape index (κ3) is 3.00. The van der Waals surface area contributed by atoms with Crippen molar-refractivity contribution in [2.24, 2.45) is 0 Å². The molecule has 0 radical (unpaired) electrons. The standard InChI is InChI=1S/C16H17NO6/c1-21-9-10-4-5-12(22-10)11-3-2-8-17(11)15(18)13-6-7-14(23-13)16(19)20/h4-7,11H,2-3,8-9H2,1H3,(H,19,20). The molecule has 0 aliphatic carbocycles. The van der Waals surface area contributed by atoms with Gasteiger partial charge in [0.1, 0.15) is 18.1 Å². The number of amides is 1. The molecule has 1 atom stereocenters. The minimum atomic E-state index is -1.20. The van der Waals surface area contributed by atoms with Gasteiger partial charge < -0.3 is 23.6 Å². The van der Waals surface area contributed by atoms with Crippen LogP contribution < -0.4 is 0 Å². The molecule has 1 fully saturated rings. The van der Waals surface area contributed by atoms with E-state index in [9.17, 15) is 9.59 Å². The Bertz CT molecular complexity index is 716. The number of carboxylic acids is 1. The molecule has 0 saturated carbocycles. The topological polar surface area (TPSA) is 93.1 Å². The molecule has 2 aromatic heterocycles. The van der Waals surface area contributed by atoms with Crippen LogP contribution in [0.15, 0.2) is 33.1 Å². The van der Waals surface area contributed by atoms with E-state index >= 15 is 0 Å². The molecule has 0 spiro atoms. The van der Waals surface area contributed by atoms with Crippen molar-refractivity contribution in [3.8, 4) is 0 Å². The summed E-state index contributed by atoms with van der Waals surface area (Å²) in [7, 11) is 1.59. The van der Waals surface area contributed by atoms with Gasteiger partial charge in [-0.15, -0.1) is 0 Å². The molecule has 1 saturated heterocycles. The third-order valence-electron chi connectivity index (χ3n) is 3.84. The summed E-state index contributed by atoms with van der Waals surface area (Å²) in [4.78, 5) is 25.1. The second-order valence-electron chi connectivity index (χ2n) is 5.36. The lowest BCUT2D eigenvalue weighted by Gasteiger charge is -2.22. The van der Waals surface area contributed by atoms with E-state index in [4.69, 9.17) is 18.7 Å². The molecule has 3 heterocycles. The summed E-state index contributed by atoms with van der Waals surface area (Å²) >= 11 is 0. The average molecular weight is 319 g/mol. The van der Waals surface area contributed by atoms with E-state index in [0.717, 1.165) is 12.8 Å². The fourth-order valence-electron chi connectivity index (χ4n) is 2.81. The first-order valence-electron chi connectivity index (χ1n) is 7.32. The second kappa shape index (κ2) is 6.29. The number of carbonyl (C=O) groups is 2. The van der Waals surface area contributed by atoms with Crippen LogP contribution in [0.5, 0.6) is 0 Å². The van der Waals surface area contributed by atoms with Crippen molar-refractivity contribution in [2.75, 3.05) is 13.7 Å². The smallest absolute Gasteiger partial charge is 0.371 e. The number of carboxylic acid groups (broad SMARTS) is 1. The van der Waals surface area contributed by atoms with E-state index in [1.54, 1.807) is 12.0 Å². The normalized spacial score (nSPS) is 17.6. The summed E-state index contributed by atoms with van der Waals surface area (Å²) < 4.78 is 15.9. The van der Waals surface area contributed by atoms with Gasteiger partial charge in [0, 0.05) is 13.7 Å². The Morgan fingerprint density at radius 3 is 2.74 bits per heavy atom. The molecular weight excluding hydrogens is 302 g/mol. The molecule has 1 unspecified atom stereocenters. The Balaban J connectivity index is 1.79. The van der Waals surface area contributed by atoms with Crippen LogP contribution in [-0.4, -0.2) is 35.5 Å². The van der Waals surface area contributed by atoms with Crippen molar-refractivity contribution in [1.29, 1.82) is 0 Å². The first kappa shape index (κ1) is 15.4. The number of aromatic carboxylic acids is 1. The number of furan rings is 2. The molecule has 3 rings (SSSR count). The highest BCUT2D eigenvalue weighted by Crippen LogP contribution is 2.34. The zero-order valence-electron chi connectivity index (χ0n) is 12.7. The van der Waals surface area contributed by atoms with E-state index in [2.05, 4.69) is 0 Å². The van der Waals surface area contributed by atoms with Crippen LogP contribution in [0.1, 0.15) is 51.5 Å². The van der Waals surface area contributed by atoms with Gasteiger partial charge in [0.15, 0.2) is 5.76 Å². The van der Waals surface area contributed by atoms with Crippen LogP contribution in [0.2, 0.25) is 0 Å². The maximum atomic E-state index is 12.6. The van der Waals surface area contributed by atoms with Crippen LogP contribution in [0.3, 0.4) is 0 Å². The number of nitrogens with zero attached hydrogens (tertiary/aromatic N) is 1. The predicted octanol–water partition coefficient (Wildman–Crippen LogP) is 2.69. The molecule has 7 heteroatoms. The molecule has 1 amide bonds. The Kier molecular flexibility index (Phi) is 4.20. The molecule has 0 bridgehead atoms. The van der Waals surface area contributed by atoms with Crippen molar-refractivity contribution < 1.29 is 28.3 Å². The number of hydrogen-bond acceptors (Lipinski definition) is 5. The zero-order valence-corrected chi connectivity index (χ0v) is 12.7. The van der Waals surface area contributed by atoms with Crippen LogP contribution in [0.4, 0.5) is 0 Å². The first-order chi connectivity index (χ1) is 11.1. The minimum absolute atomic E-state index is 0.0259. The molecular formula is C16H17NO6. The maximum Gasteiger partial charge on any atom is 0.371 e. The third-order valence-corrected chi connectivity index (χ3v) is 3.84. The van der Waals surface area contributed by atoms with Crippen molar-refractivity contribution in [3.63, 3.8) is 0 Å². The SMILES string of the molecule is COCc1ccc(C2CCCN2C(=O)c2ccc(C(=O)O)o2)o1. The van der Waals surface area contributed by atoms with Gasteiger partial charge in [-0.2, -0.15) is 0 Å². The van der Waals surface area contributed by atoms with Crippen molar-refractivity contribution in [2.45, 2.75) is 25.5 Å². The lowest BCUT2D eigenvalue weighted by molar-refractivity contribution is 0.0640. The lowest BCUT2D eigenvalue weighted by atomic mass is 10.1. The molecule has 1 aliphatic rings. The first-order valence-corrected chi connectivity index (χ1v) is 7.32. The number of hydrogen-bond donors (Lipinski definition) is 1. The summed E-state index contributed by atoms with van der Waals surface area (Å²) in [5.41, 5.74) is 0. The highest BCUT2D eigenvalue weighted by molar-refractivity contribution is 5.93. The highest BCUT2D eigenvalue weighted by Gasteiger charge is 2.34. The number of carbonyl (C=O) groups excluding carboxylic acids is 1. The van der Waals surface area contributed by atoms with Gasteiger partial charge in [-0.25, -0.2) is 4.79 Å². The molecule has 2 aromatic rings. The zero-order chi connectivity index (χ0) is 16.4. The monoisotopic (exact) mass is 319 g/mol. The Morgan fingerprint density at radius 2 is 2.04 bits per heavy atom. The molecule has 23 heavy (non-hydrogen) atoms. The van der Waals surface area contributed by atoms with Crippen molar-refractivity contribution >= 4 is 11.9 Å². The molecule has 1 aliphatic heterocycles. The minimum Gasteiger partial charge on any atom is -0.475 e. The number of likely N-dealkylation sites (tertiary alicyclic amines) is 1. The second-order valence-corrected chi connectivity index (χ2v) is 5.36. The van der Waals surface area contributed by atoms with E-state index in [0.29, 0.717) is 24.7 Å². The molecule has 7 nitrogen and oxygen atoms in total. The molecule has 1 N–H and O–H groups in total. The maximum absolute atomic E-state index is 12.6. The van der Waals surface area contributed by atoms with Gasteiger partial charge in [-0.3, -0.25) is 4.79 Å². The van der Waals surface area contributed by atoms with Crippen LogP contribution >= 0.6 is 0 Å². The Hall–Kier alpha value is -2.54. The lowest BCUT2D eigenvalue weighted by Crippen LogP contribution is -2.30. The summed E-state index contributed by atoms with van der Waals surface area (Å²) in [6.07, 6.45) is 1.64. The summed E-state index contributed by atoms with van der Waals surface area (Å²) in [5.74, 6) is -0.342. The van der Waals surface area contributed by atoms with Gasteiger partial charge in [-0.05, 0) is 37.1 Å². The summed E-state index contributed by atoms with van der Waals surface area (Å²) in [5, 5.41) is 8.88. The van der Waals surface area contributed by atoms with Gasteiger partial charge in [0.2, 0.25) is 5.76 Å². The number of ether oxygens (including phenoxy) is 1. The van der Waals surface area contributed by atoms with Gasteiger partial charge in [0.25, 0.3) is 5.91 Å². The van der Waals surface area contributed by atoms with Crippen LogP contribution in [-0.2, 0) is 11.3 Å². The van der Waals surface area contributed by atoms with E-state index < -0.39 is 5.97 Å². The predicted molar refractivity (Wildman–Crippen MR) is 78.1 cm³/mol. The van der Waals surface area contributed by atoms with E-state index in [1.807, 2.05) is 12.1 Å². The molecule has 0 aromatic carbocycles. The van der Waals surface area contributed by atoms with E-state index in [1.165, 1.54) is 12.1 Å². The van der Waals surface area contributed by atoms with Crippen molar-refractivity contribution in [3.05, 3.63) is 47.3 Å². The summed E-state index contributed by atoms with van der Waals surface area (Å²) in [6.45, 7) is 0.952. The quantitative estimate of drug-likeness (QED) is 0.910. The fourth-order valence-corrected chi connectivity index (χ4v) is 2.81. The number of methoxy groups -OCH3 is 1. The Morgan fingerprint density at radius 1 is 1.26 bits per heavy atom. The largest absolute Gasteiger partial charge is 0.475 e.